The number of aromatic nitrogens is 4. The molecular formula is C19H27FN6. The first kappa shape index (κ1) is 17.4. The van der Waals surface area contributed by atoms with Crippen molar-refractivity contribution in [2.24, 2.45) is 7.05 Å². The largest absolute Gasteiger partial charge is 0.356 e. The number of pyridine rings is 1. The topological polar surface area (TPSA) is 50.1 Å². The van der Waals surface area contributed by atoms with Gasteiger partial charge in [0.15, 0.2) is 0 Å². The van der Waals surface area contributed by atoms with Crippen LogP contribution in [-0.2, 0) is 13.6 Å². The Hall–Kier alpha value is -2.02. The van der Waals surface area contributed by atoms with E-state index in [1.165, 1.54) is 31.5 Å². The van der Waals surface area contributed by atoms with E-state index in [1.54, 1.807) is 6.07 Å². The molecule has 0 aliphatic carbocycles. The van der Waals surface area contributed by atoms with Crippen molar-refractivity contribution >= 4 is 5.82 Å². The third-order valence-corrected chi connectivity index (χ3v) is 5.63. The highest BCUT2D eigenvalue weighted by Crippen LogP contribution is 2.28. The summed E-state index contributed by atoms with van der Waals surface area (Å²) in [4.78, 5) is 8.94. The van der Waals surface area contributed by atoms with Gasteiger partial charge in [0, 0.05) is 26.1 Å². The molecule has 0 N–H and O–H groups in total. The SMILES string of the molecule is Cn1c(CN2CCCCC2)nnc1[C@@H]1CCCN(c2ccc(F)cn2)C1. The monoisotopic (exact) mass is 358 g/mol. The summed E-state index contributed by atoms with van der Waals surface area (Å²) in [5.74, 6) is 3.00. The Kier molecular flexibility index (Phi) is 5.15. The van der Waals surface area contributed by atoms with Crippen LogP contribution in [0.1, 0.15) is 49.7 Å². The number of hydrogen-bond acceptors (Lipinski definition) is 5. The van der Waals surface area contributed by atoms with Gasteiger partial charge in [0.2, 0.25) is 0 Å². The summed E-state index contributed by atoms with van der Waals surface area (Å²) >= 11 is 0. The molecule has 26 heavy (non-hydrogen) atoms. The Morgan fingerprint density at radius 2 is 1.92 bits per heavy atom. The highest BCUT2D eigenvalue weighted by atomic mass is 19.1. The second-order valence-corrected chi connectivity index (χ2v) is 7.49. The first-order valence-electron chi connectivity index (χ1n) is 9.68. The molecule has 0 aromatic carbocycles. The fourth-order valence-corrected chi connectivity index (χ4v) is 4.14. The van der Waals surface area contributed by atoms with Crippen molar-refractivity contribution in [1.29, 1.82) is 0 Å². The van der Waals surface area contributed by atoms with Crippen molar-refractivity contribution < 1.29 is 4.39 Å². The first-order chi connectivity index (χ1) is 12.7. The highest BCUT2D eigenvalue weighted by Gasteiger charge is 2.27. The molecule has 140 valence electrons. The Labute approximate surface area is 154 Å². The lowest BCUT2D eigenvalue weighted by atomic mass is 9.97. The molecule has 1 atom stereocenters. The van der Waals surface area contributed by atoms with Crippen molar-refractivity contribution in [1.82, 2.24) is 24.6 Å². The van der Waals surface area contributed by atoms with Gasteiger partial charge in [-0.15, -0.1) is 10.2 Å². The van der Waals surface area contributed by atoms with Gasteiger partial charge in [-0.05, 0) is 50.9 Å². The Morgan fingerprint density at radius 1 is 1.08 bits per heavy atom. The van der Waals surface area contributed by atoms with Gasteiger partial charge in [-0.25, -0.2) is 9.37 Å². The molecule has 0 unspecified atom stereocenters. The fourth-order valence-electron chi connectivity index (χ4n) is 4.14. The minimum absolute atomic E-state index is 0.294. The minimum atomic E-state index is -0.294. The maximum absolute atomic E-state index is 13.1. The van der Waals surface area contributed by atoms with E-state index in [-0.39, 0.29) is 5.82 Å². The molecule has 2 fully saturated rings. The van der Waals surface area contributed by atoms with Crippen LogP contribution in [0, 0.1) is 5.82 Å². The van der Waals surface area contributed by atoms with E-state index in [4.69, 9.17) is 0 Å². The number of rotatable bonds is 4. The standard InChI is InChI=1S/C19H27FN6/c1-24-18(14-25-9-3-2-4-10-25)22-23-19(24)15-6-5-11-26(13-15)17-8-7-16(20)12-21-17/h7-8,12,15H,2-6,9-11,13-14H2,1H3/t15-/m1/s1. The second-order valence-electron chi connectivity index (χ2n) is 7.49. The van der Waals surface area contributed by atoms with Gasteiger partial charge in [-0.2, -0.15) is 0 Å². The summed E-state index contributed by atoms with van der Waals surface area (Å²) in [6, 6.07) is 3.24. The molecule has 7 heteroatoms. The van der Waals surface area contributed by atoms with E-state index in [9.17, 15) is 4.39 Å². The van der Waals surface area contributed by atoms with Crippen molar-refractivity contribution in [2.75, 3.05) is 31.1 Å². The predicted molar refractivity (Wildman–Crippen MR) is 98.5 cm³/mol. The quantitative estimate of drug-likeness (QED) is 0.841. The third-order valence-electron chi connectivity index (χ3n) is 5.63. The normalized spacial score (nSPS) is 21.9. The third kappa shape index (κ3) is 3.72. The summed E-state index contributed by atoms with van der Waals surface area (Å²) < 4.78 is 15.3. The molecule has 2 saturated heterocycles. The van der Waals surface area contributed by atoms with Crippen LogP contribution in [0.25, 0.3) is 0 Å². The van der Waals surface area contributed by atoms with Crippen LogP contribution < -0.4 is 4.90 Å². The van der Waals surface area contributed by atoms with E-state index in [2.05, 4.69) is 36.6 Å². The van der Waals surface area contributed by atoms with Crippen LogP contribution in [0.2, 0.25) is 0 Å². The number of piperidine rings is 2. The number of halogens is 1. The molecule has 0 bridgehead atoms. The number of anilines is 1. The molecule has 0 spiro atoms. The first-order valence-corrected chi connectivity index (χ1v) is 9.68. The van der Waals surface area contributed by atoms with E-state index >= 15 is 0 Å². The zero-order chi connectivity index (χ0) is 17.9. The summed E-state index contributed by atoms with van der Waals surface area (Å²) in [6.07, 6.45) is 7.39. The van der Waals surface area contributed by atoms with Crippen LogP contribution in [0.15, 0.2) is 18.3 Å². The molecule has 4 heterocycles. The number of nitrogens with zero attached hydrogens (tertiary/aromatic N) is 6. The molecular weight excluding hydrogens is 331 g/mol. The summed E-state index contributed by atoms with van der Waals surface area (Å²) in [5.41, 5.74) is 0. The Bertz CT molecular complexity index is 722. The molecule has 0 saturated carbocycles. The van der Waals surface area contributed by atoms with Crippen LogP contribution in [-0.4, -0.2) is 50.8 Å². The van der Waals surface area contributed by atoms with Crippen molar-refractivity contribution in [2.45, 2.75) is 44.6 Å². The van der Waals surface area contributed by atoms with Crippen LogP contribution >= 0.6 is 0 Å². The molecule has 0 amide bonds. The summed E-state index contributed by atoms with van der Waals surface area (Å²) in [6.45, 7) is 5.02. The zero-order valence-corrected chi connectivity index (χ0v) is 15.4. The van der Waals surface area contributed by atoms with Gasteiger partial charge < -0.3 is 9.47 Å². The molecule has 2 aliphatic rings. The molecule has 4 rings (SSSR count). The average molecular weight is 358 g/mol. The van der Waals surface area contributed by atoms with Crippen LogP contribution in [0.4, 0.5) is 10.2 Å². The van der Waals surface area contributed by atoms with Gasteiger partial charge in [0.1, 0.15) is 23.3 Å². The second kappa shape index (κ2) is 7.70. The number of hydrogen-bond donors (Lipinski definition) is 0. The van der Waals surface area contributed by atoms with E-state index in [1.807, 2.05) is 0 Å². The average Bonchev–Trinajstić information content (AvgIpc) is 3.04. The van der Waals surface area contributed by atoms with Gasteiger partial charge in [0.25, 0.3) is 0 Å². The lowest BCUT2D eigenvalue weighted by Crippen LogP contribution is -2.36. The maximum Gasteiger partial charge on any atom is 0.146 e. The van der Waals surface area contributed by atoms with E-state index in [0.717, 1.165) is 63.0 Å². The fraction of sp³-hybridized carbons (Fsp3) is 0.632. The van der Waals surface area contributed by atoms with Crippen molar-refractivity contribution in [3.8, 4) is 0 Å². The summed E-state index contributed by atoms with van der Waals surface area (Å²) in [5, 5.41) is 9.01. The van der Waals surface area contributed by atoms with E-state index < -0.39 is 0 Å². The smallest absolute Gasteiger partial charge is 0.146 e. The van der Waals surface area contributed by atoms with Crippen LogP contribution in [0.5, 0.6) is 0 Å². The maximum atomic E-state index is 13.1. The summed E-state index contributed by atoms with van der Waals surface area (Å²) in [7, 11) is 2.09. The minimum Gasteiger partial charge on any atom is -0.356 e. The van der Waals surface area contributed by atoms with Gasteiger partial charge in [-0.3, -0.25) is 4.90 Å². The van der Waals surface area contributed by atoms with Crippen molar-refractivity contribution in [3.63, 3.8) is 0 Å². The molecule has 6 nitrogen and oxygen atoms in total. The molecule has 0 radical (unpaired) electrons. The Morgan fingerprint density at radius 3 is 2.69 bits per heavy atom. The van der Waals surface area contributed by atoms with Crippen LogP contribution in [0.3, 0.4) is 0 Å². The lowest BCUT2D eigenvalue weighted by Gasteiger charge is -2.33. The van der Waals surface area contributed by atoms with Gasteiger partial charge >= 0.3 is 0 Å². The van der Waals surface area contributed by atoms with Gasteiger partial charge in [-0.1, -0.05) is 6.42 Å². The number of likely N-dealkylation sites (tertiary alicyclic amines) is 1. The predicted octanol–water partition coefficient (Wildman–Crippen LogP) is 2.72. The highest BCUT2D eigenvalue weighted by molar-refractivity contribution is 5.39. The lowest BCUT2D eigenvalue weighted by molar-refractivity contribution is 0.213. The zero-order valence-electron chi connectivity index (χ0n) is 15.4. The Balaban J connectivity index is 1.45. The molecule has 2 aromatic rings. The molecule has 2 aromatic heterocycles. The molecule has 2 aliphatic heterocycles. The van der Waals surface area contributed by atoms with E-state index in [0.29, 0.717) is 5.92 Å². The van der Waals surface area contributed by atoms with Crippen molar-refractivity contribution in [3.05, 3.63) is 35.8 Å². The van der Waals surface area contributed by atoms with Gasteiger partial charge in [0.05, 0.1) is 12.7 Å².